The average molecular weight is 1060 g/mol. The van der Waals surface area contributed by atoms with Gasteiger partial charge in [0.1, 0.15) is 19.9 Å². The van der Waals surface area contributed by atoms with Gasteiger partial charge in [0.25, 0.3) is 31.9 Å². The predicted octanol–water partition coefficient (Wildman–Crippen LogP) is 6.76. The lowest BCUT2D eigenvalue weighted by atomic mass is 10.1. The van der Waals surface area contributed by atoms with E-state index < -0.39 is 20.0 Å². The SMILES string of the molecule is COc1cccc(C(=O)NCc2ccc(S(=O)(=O)N3CCCC(NCCN4CCCCC4)CC3)s2)c1.COc1cccc(C(=O)NCc2ccc(S(=O)(=O)N3CCCC(NCCc4ccccn4)CC3)s2)c1. The molecule has 72 heavy (non-hydrogen) atoms. The van der Waals surface area contributed by atoms with E-state index in [4.69, 9.17) is 9.47 Å². The molecule has 3 saturated heterocycles. The maximum absolute atomic E-state index is 13.3. The van der Waals surface area contributed by atoms with Crippen LogP contribution >= 0.6 is 22.7 Å². The second-order valence-electron chi connectivity index (χ2n) is 18.2. The summed E-state index contributed by atoms with van der Waals surface area (Å²) in [5.74, 6) is 0.762. The molecule has 6 heterocycles. The zero-order valence-electron chi connectivity index (χ0n) is 41.4. The molecule has 3 aliphatic heterocycles. The number of nitrogens with zero attached hydrogens (tertiary/aromatic N) is 4. The third-order valence-electron chi connectivity index (χ3n) is 13.2. The van der Waals surface area contributed by atoms with Gasteiger partial charge in [-0.2, -0.15) is 8.61 Å². The van der Waals surface area contributed by atoms with Crippen LogP contribution < -0.4 is 30.7 Å². The number of hydrogen-bond donors (Lipinski definition) is 4. The van der Waals surface area contributed by atoms with Crippen LogP contribution in [0.3, 0.4) is 0 Å². The van der Waals surface area contributed by atoms with Gasteiger partial charge in [-0.25, -0.2) is 16.8 Å². The minimum Gasteiger partial charge on any atom is -0.497 e. The summed E-state index contributed by atoms with van der Waals surface area (Å²) >= 11 is 2.43. The fourth-order valence-electron chi connectivity index (χ4n) is 9.09. The maximum Gasteiger partial charge on any atom is 0.252 e. The van der Waals surface area contributed by atoms with Gasteiger partial charge in [-0.15, -0.1) is 22.7 Å². The van der Waals surface area contributed by atoms with Crippen molar-refractivity contribution in [1.29, 1.82) is 0 Å². The number of sulfonamides is 2. The van der Waals surface area contributed by atoms with Crippen LogP contribution in [-0.4, -0.2) is 132 Å². The van der Waals surface area contributed by atoms with Gasteiger partial charge in [0.15, 0.2) is 0 Å². The summed E-state index contributed by atoms with van der Waals surface area (Å²) in [4.78, 5) is 33.4. The molecule has 2 aromatic carbocycles. The standard InChI is InChI=1S/C26H32N4O4S2.C26H38N4O4S2/c1-34-23-9-4-6-20(18-23)26(31)29-19-24-10-11-25(35-24)36(32,33)30-16-5-8-22(13-17-30)28-15-12-21-7-2-3-14-27-21;1-34-23-9-5-7-21(19-23)26(31)28-20-24-10-11-25(35-24)36(32,33)30-16-6-8-22(12-17-30)27-13-18-29-14-3-2-4-15-29/h2-4,6-7,9-11,14,18,22,28H,5,8,12-13,15-17,19H2,1H3,(H,29,31);5,7,9-11,19,22,27H,2-4,6,8,12-18,20H2,1H3,(H,28,31). The number of pyridine rings is 1. The number of amides is 2. The van der Waals surface area contributed by atoms with E-state index in [0.717, 1.165) is 80.0 Å². The molecule has 0 bridgehead atoms. The van der Waals surface area contributed by atoms with E-state index in [2.05, 4.69) is 31.2 Å². The Morgan fingerprint density at radius 1 is 0.597 bits per heavy atom. The van der Waals surface area contributed by atoms with E-state index in [1.165, 1.54) is 55.0 Å². The molecule has 5 aromatic rings. The fraction of sp³-hybridized carbons (Fsp3) is 0.481. The van der Waals surface area contributed by atoms with Gasteiger partial charge in [-0.1, -0.05) is 24.6 Å². The van der Waals surface area contributed by atoms with Crippen LogP contribution in [-0.2, 0) is 39.6 Å². The van der Waals surface area contributed by atoms with Gasteiger partial charge in [-0.05, 0) is 137 Å². The minimum absolute atomic E-state index is 0.224. The van der Waals surface area contributed by atoms with Crippen molar-refractivity contribution >= 4 is 54.5 Å². The summed E-state index contributed by atoms with van der Waals surface area (Å²) in [5, 5.41) is 12.9. The van der Waals surface area contributed by atoms with Gasteiger partial charge in [0.05, 0.1) is 27.3 Å². The topological polar surface area (TPSA) is 192 Å². The molecule has 3 aromatic heterocycles. The molecule has 3 fully saturated rings. The number of nitrogens with one attached hydrogen (secondary N) is 4. The Kier molecular flexibility index (Phi) is 21.0. The molecule has 3 aliphatic rings. The number of piperidine rings is 1. The molecule has 2 unspecified atom stereocenters. The number of aromatic nitrogens is 1. The molecule has 2 amide bonds. The Balaban J connectivity index is 0.000000211. The van der Waals surface area contributed by atoms with Crippen molar-refractivity contribution in [2.24, 2.45) is 0 Å². The van der Waals surface area contributed by atoms with Crippen molar-refractivity contribution in [3.8, 4) is 11.5 Å². The van der Waals surface area contributed by atoms with Gasteiger partial charge in [0.2, 0.25) is 0 Å². The van der Waals surface area contributed by atoms with E-state index in [9.17, 15) is 26.4 Å². The van der Waals surface area contributed by atoms with Crippen molar-refractivity contribution < 1.29 is 35.9 Å². The first kappa shape index (κ1) is 55.0. The van der Waals surface area contributed by atoms with Crippen molar-refractivity contribution in [2.45, 2.75) is 97.8 Å². The van der Waals surface area contributed by atoms with Crippen molar-refractivity contribution in [2.75, 3.05) is 73.1 Å². The highest BCUT2D eigenvalue weighted by Crippen LogP contribution is 2.29. The molecule has 0 saturated carbocycles. The summed E-state index contributed by atoms with van der Waals surface area (Å²) in [7, 11) is -4.00. The van der Waals surface area contributed by atoms with Crippen LogP contribution in [0, 0.1) is 0 Å². The molecule has 0 spiro atoms. The van der Waals surface area contributed by atoms with Gasteiger partial charge in [0, 0.05) is 97.1 Å². The van der Waals surface area contributed by atoms with Crippen LogP contribution in [0.25, 0.3) is 0 Å². The van der Waals surface area contributed by atoms with Crippen LogP contribution in [0.1, 0.15) is 94.0 Å². The molecule has 20 heteroatoms. The van der Waals surface area contributed by atoms with Crippen molar-refractivity contribution in [3.05, 3.63) is 124 Å². The molecule has 4 N–H and O–H groups in total. The highest BCUT2D eigenvalue weighted by molar-refractivity contribution is 7.91. The number of likely N-dealkylation sites (tertiary alicyclic amines) is 1. The number of carbonyl (C=O) groups excluding carboxylic acids is 2. The lowest BCUT2D eigenvalue weighted by Crippen LogP contribution is -2.39. The highest BCUT2D eigenvalue weighted by Gasteiger charge is 2.30. The van der Waals surface area contributed by atoms with Gasteiger partial charge >= 0.3 is 0 Å². The Morgan fingerprint density at radius 2 is 1.12 bits per heavy atom. The Labute approximate surface area is 434 Å². The molecule has 16 nitrogen and oxygen atoms in total. The minimum atomic E-state index is -3.57. The summed E-state index contributed by atoms with van der Waals surface area (Å²) in [6.07, 6.45) is 11.8. The molecular formula is C52H70N8O8S4. The van der Waals surface area contributed by atoms with Crippen LogP contribution in [0.5, 0.6) is 11.5 Å². The second kappa shape index (κ2) is 27.5. The number of carbonyl (C=O) groups is 2. The predicted molar refractivity (Wildman–Crippen MR) is 284 cm³/mol. The first-order valence-corrected chi connectivity index (χ1v) is 29.5. The quantitative estimate of drug-likeness (QED) is 0.0642. The maximum atomic E-state index is 13.3. The monoisotopic (exact) mass is 1060 g/mol. The van der Waals surface area contributed by atoms with E-state index >= 15 is 0 Å². The molecule has 2 atom stereocenters. The van der Waals surface area contributed by atoms with Crippen LogP contribution in [0.4, 0.5) is 0 Å². The summed E-state index contributed by atoms with van der Waals surface area (Å²) < 4.78 is 67.4. The number of rotatable bonds is 20. The van der Waals surface area contributed by atoms with E-state index in [-0.39, 0.29) is 24.9 Å². The molecule has 0 radical (unpaired) electrons. The molecular weight excluding hydrogens is 993 g/mol. The highest BCUT2D eigenvalue weighted by atomic mass is 32.3. The molecule has 0 aliphatic carbocycles. The zero-order valence-corrected chi connectivity index (χ0v) is 44.7. The molecule has 8 rings (SSSR count). The van der Waals surface area contributed by atoms with Crippen molar-refractivity contribution in [3.63, 3.8) is 0 Å². The van der Waals surface area contributed by atoms with Crippen LogP contribution in [0.2, 0.25) is 0 Å². The van der Waals surface area contributed by atoms with Gasteiger partial charge in [-0.3, -0.25) is 14.6 Å². The fourth-order valence-corrected chi connectivity index (χ4v) is 15.0. The smallest absolute Gasteiger partial charge is 0.252 e. The van der Waals surface area contributed by atoms with Gasteiger partial charge < -0.3 is 35.6 Å². The number of thiophene rings is 2. The van der Waals surface area contributed by atoms with E-state index in [0.29, 0.717) is 69.3 Å². The lowest BCUT2D eigenvalue weighted by Gasteiger charge is -2.27. The van der Waals surface area contributed by atoms with E-state index in [1.807, 2.05) is 18.2 Å². The van der Waals surface area contributed by atoms with Crippen LogP contribution in [0.15, 0.2) is 106 Å². The van der Waals surface area contributed by atoms with Crippen molar-refractivity contribution in [1.82, 2.24) is 39.8 Å². The Bertz CT molecular complexity index is 2710. The Hall–Kier alpha value is -4.77. The average Bonchev–Trinajstić information content (AvgIpc) is 3.96. The largest absolute Gasteiger partial charge is 0.497 e. The zero-order chi connectivity index (χ0) is 50.8. The summed E-state index contributed by atoms with van der Waals surface area (Å²) in [6.45, 7) is 7.89. The number of benzene rings is 2. The first-order valence-electron chi connectivity index (χ1n) is 25.0. The number of ether oxygens (including phenoxy) is 2. The third-order valence-corrected chi connectivity index (χ3v) is 20.1. The second-order valence-corrected chi connectivity index (χ2v) is 24.9. The summed E-state index contributed by atoms with van der Waals surface area (Å²) in [6, 6.07) is 27.3. The first-order chi connectivity index (χ1) is 34.9. The lowest BCUT2D eigenvalue weighted by molar-refractivity contribution is 0.0943. The number of hydrogen-bond acceptors (Lipinski definition) is 14. The van der Waals surface area contributed by atoms with E-state index in [1.54, 1.807) is 102 Å². The molecule has 390 valence electrons. The Morgan fingerprint density at radius 3 is 1.62 bits per heavy atom. The normalized spacial score (nSPS) is 18.5. The third kappa shape index (κ3) is 16.1. The summed E-state index contributed by atoms with van der Waals surface area (Å²) in [5.41, 5.74) is 2.05. The number of methoxy groups -OCH3 is 2.